The van der Waals surface area contributed by atoms with Crippen molar-refractivity contribution < 1.29 is 9.90 Å². The Hall–Kier alpha value is -1.88. The maximum Gasteiger partial charge on any atom is 0.219 e. The van der Waals surface area contributed by atoms with Crippen LogP contribution >= 0.6 is 0 Å². The zero-order chi connectivity index (χ0) is 16.0. The third kappa shape index (κ3) is 2.63. The largest absolute Gasteiger partial charge is 0.388 e. The topological polar surface area (TPSA) is 57.8 Å². The van der Waals surface area contributed by atoms with Crippen LogP contribution in [0.15, 0.2) is 24.8 Å². The number of aliphatic hydroxyl groups is 1. The van der Waals surface area contributed by atoms with E-state index in [1.807, 2.05) is 21.7 Å². The average molecular weight is 313 g/mol. The summed E-state index contributed by atoms with van der Waals surface area (Å²) in [5, 5.41) is 11.1. The third-order valence-corrected chi connectivity index (χ3v) is 5.33. The minimum atomic E-state index is -0.534. The van der Waals surface area contributed by atoms with Crippen molar-refractivity contribution in [2.75, 3.05) is 13.1 Å². The zero-order valence-corrected chi connectivity index (χ0v) is 13.5. The van der Waals surface area contributed by atoms with Crippen molar-refractivity contribution in [2.24, 2.45) is 5.92 Å². The van der Waals surface area contributed by atoms with Crippen molar-refractivity contribution in [2.45, 2.75) is 44.6 Å². The minimum absolute atomic E-state index is 0.103. The van der Waals surface area contributed by atoms with Gasteiger partial charge in [-0.25, -0.2) is 4.98 Å². The molecule has 1 amide bonds. The maximum absolute atomic E-state index is 11.7. The fourth-order valence-electron chi connectivity index (χ4n) is 3.89. The van der Waals surface area contributed by atoms with E-state index in [-0.39, 0.29) is 11.8 Å². The van der Waals surface area contributed by atoms with Gasteiger partial charge in [-0.05, 0) is 43.2 Å². The van der Waals surface area contributed by atoms with Gasteiger partial charge in [-0.3, -0.25) is 4.79 Å². The molecule has 2 aromatic rings. The quantitative estimate of drug-likeness (QED) is 0.947. The highest BCUT2D eigenvalue weighted by Crippen LogP contribution is 2.45. The average Bonchev–Trinajstić information content (AvgIpc) is 3.30. The van der Waals surface area contributed by atoms with Gasteiger partial charge in [-0.1, -0.05) is 0 Å². The molecule has 1 saturated carbocycles. The molecule has 2 atom stereocenters. The number of hydrogen-bond donors (Lipinski definition) is 1. The van der Waals surface area contributed by atoms with E-state index < -0.39 is 6.10 Å². The predicted octanol–water partition coefficient (Wildman–Crippen LogP) is 2.50. The molecule has 0 spiro atoms. The number of nitrogens with zero attached hydrogens (tertiary/aromatic N) is 3. The van der Waals surface area contributed by atoms with Crippen LogP contribution in [-0.4, -0.2) is 38.4 Å². The molecule has 122 valence electrons. The van der Waals surface area contributed by atoms with Gasteiger partial charge in [0.2, 0.25) is 5.91 Å². The van der Waals surface area contributed by atoms with Crippen LogP contribution in [0.5, 0.6) is 0 Å². The summed E-state index contributed by atoms with van der Waals surface area (Å²) in [6.07, 6.45) is 9.46. The van der Waals surface area contributed by atoms with Gasteiger partial charge in [-0.15, -0.1) is 0 Å². The summed E-state index contributed by atoms with van der Waals surface area (Å²) < 4.78 is 1.98. The third-order valence-electron chi connectivity index (χ3n) is 5.33. The van der Waals surface area contributed by atoms with Gasteiger partial charge in [0, 0.05) is 37.7 Å². The summed E-state index contributed by atoms with van der Waals surface area (Å²) in [6, 6.07) is 2.14. The first-order valence-corrected chi connectivity index (χ1v) is 8.53. The Balaban J connectivity index is 1.71. The van der Waals surface area contributed by atoms with Crippen LogP contribution < -0.4 is 0 Å². The number of rotatable bonds is 3. The Morgan fingerprint density at radius 1 is 1.39 bits per heavy atom. The van der Waals surface area contributed by atoms with E-state index in [4.69, 9.17) is 0 Å². The second-order valence-electron chi connectivity index (χ2n) is 6.96. The monoisotopic (exact) mass is 313 g/mol. The highest BCUT2D eigenvalue weighted by atomic mass is 16.3. The summed E-state index contributed by atoms with van der Waals surface area (Å²) >= 11 is 0. The number of piperidine rings is 1. The van der Waals surface area contributed by atoms with Crippen LogP contribution in [0.1, 0.15) is 55.8 Å². The van der Waals surface area contributed by atoms with Gasteiger partial charge >= 0.3 is 0 Å². The zero-order valence-electron chi connectivity index (χ0n) is 13.5. The molecule has 5 heteroatoms. The summed E-state index contributed by atoms with van der Waals surface area (Å²) in [7, 11) is 0. The molecule has 1 N–H and O–H groups in total. The lowest BCUT2D eigenvalue weighted by Crippen LogP contribution is -2.40. The van der Waals surface area contributed by atoms with E-state index in [9.17, 15) is 9.90 Å². The van der Waals surface area contributed by atoms with Crippen LogP contribution in [0.25, 0.3) is 5.52 Å². The van der Waals surface area contributed by atoms with Crippen LogP contribution in [-0.2, 0) is 4.79 Å². The van der Waals surface area contributed by atoms with Gasteiger partial charge in [0.1, 0.15) is 0 Å². The number of likely N-dealkylation sites (tertiary alicyclic amines) is 1. The lowest BCUT2D eigenvalue weighted by atomic mass is 9.85. The van der Waals surface area contributed by atoms with E-state index in [0.29, 0.717) is 12.5 Å². The van der Waals surface area contributed by atoms with Crippen molar-refractivity contribution in [3.05, 3.63) is 35.9 Å². The Labute approximate surface area is 135 Å². The molecular formula is C18H23N3O2. The van der Waals surface area contributed by atoms with Gasteiger partial charge in [0.15, 0.2) is 0 Å². The Bertz CT molecular complexity index is 735. The highest BCUT2D eigenvalue weighted by Gasteiger charge is 2.34. The molecule has 0 bridgehead atoms. The summed E-state index contributed by atoms with van der Waals surface area (Å²) in [6.45, 7) is 3.07. The Kier molecular flexibility index (Phi) is 3.60. The van der Waals surface area contributed by atoms with E-state index in [0.717, 1.165) is 30.5 Å². The summed E-state index contributed by atoms with van der Waals surface area (Å²) in [5.41, 5.74) is 3.30. The van der Waals surface area contributed by atoms with E-state index in [1.54, 1.807) is 13.3 Å². The predicted molar refractivity (Wildman–Crippen MR) is 87.1 cm³/mol. The summed E-state index contributed by atoms with van der Waals surface area (Å²) in [5.74, 6) is 0.783. The number of fused-ring (bicyclic) bond motifs is 1. The fraction of sp³-hybridized carbons (Fsp3) is 0.556. The van der Waals surface area contributed by atoms with Gasteiger partial charge < -0.3 is 14.4 Å². The standard InChI is InChI=1S/C18H23N3O2/c1-12(22)20-7-2-3-14(10-20)18(23)17-15(13-4-5-13)6-8-21-11-19-9-16(17)21/h6,8-9,11,13-14,18,23H,2-5,7,10H2,1H3. The Morgan fingerprint density at radius 2 is 2.22 bits per heavy atom. The number of hydrogen-bond acceptors (Lipinski definition) is 3. The second kappa shape index (κ2) is 5.64. The van der Waals surface area contributed by atoms with Gasteiger partial charge in [-0.2, -0.15) is 0 Å². The Morgan fingerprint density at radius 3 is 2.96 bits per heavy atom. The van der Waals surface area contributed by atoms with Crippen molar-refractivity contribution in [1.82, 2.24) is 14.3 Å². The molecule has 5 nitrogen and oxygen atoms in total. The van der Waals surface area contributed by atoms with E-state index >= 15 is 0 Å². The molecule has 4 rings (SSSR count). The first kappa shape index (κ1) is 14.7. The van der Waals surface area contributed by atoms with E-state index in [2.05, 4.69) is 11.1 Å². The number of pyridine rings is 1. The molecule has 0 radical (unpaired) electrons. The lowest BCUT2D eigenvalue weighted by molar-refractivity contribution is -0.131. The number of carbonyl (C=O) groups is 1. The molecule has 23 heavy (non-hydrogen) atoms. The first-order chi connectivity index (χ1) is 11.1. The highest BCUT2D eigenvalue weighted by molar-refractivity contribution is 5.73. The van der Waals surface area contributed by atoms with E-state index in [1.165, 1.54) is 18.4 Å². The minimum Gasteiger partial charge on any atom is -0.388 e. The van der Waals surface area contributed by atoms with Crippen LogP contribution in [0.4, 0.5) is 0 Å². The smallest absolute Gasteiger partial charge is 0.219 e. The van der Waals surface area contributed by atoms with Crippen molar-refractivity contribution in [3.8, 4) is 0 Å². The fourth-order valence-corrected chi connectivity index (χ4v) is 3.89. The van der Waals surface area contributed by atoms with Crippen molar-refractivity contribution in [1.29, 1.82) is 0 Å². The van der Waals surface area contributed by atoms with Gasteiger partial charge in [0.25, 0.3) is 0 Å². The van der Waals surface area contributed by atoms with Crippen molar-refractivity contribution >= 4 is 11.4 Å². The summed E-state index contributed by atoms with van der Waals surface area (Å²) in [4.78, 5) is 17.8. The van der Waals surface area contributed by atoms with Crippen LogP contribution in [0, 0.1) is 5.92 Å². The number of aliphatic hydroxyl groups excluding tert-OH is 1. The van der Waals surface area contributed by atoms with Gasteiger partial charge in [0.05, 0.1) is 24.1 Å². The first-order valence-electron chi connectivity index (χ1n) is 8.53. The molecular weight excluding hydrogens is 290 g/mol. The lowest BCUT2D eigenvalue weighted by Gasteiger charge is -2.35. The van der Waals surface area contributed by atoms with Crippen LogP contribution in [0.3, 0.4) is 0 Å². The molecule has 2 aromatic heterocycles. The maximum atomic E-state index is 11.7. The normalized spacial score (nSPS) is 23.2. The second-order valence-corrected chi connectivity index (χ2v) is 6.96. The molecule has 0 aromatic carbocycles. The van der Waals surface area contributed by atoms with Crippen molar-refractivity contribution in [3.63, 3.8) is 0 Å². The molecule has 1 aliphatic heterocycles. The molecule has 3 heterocycles. The van der Waals surface area contributed by atoms with Crippen LogP contribution in [0.2, 0.25) is 0 Å². The molecule has 1 saturated heterocycles. The SMILES string of the molecule is CC(=O)N1CCCC(C(O)c2c(C3CC3)ccn3cncc23)C1. The number of aromatic nitrogens is 2. The number of carbonyl (C=O) groups excluding carboxylic acids is 1. The molecule has 2 fully saturated rings. The number of imidazole rings is 1. The molecule has 2 aliphatic rings. The number of amides is 1. The molecule has 1 aliphatic carbocycles. The molecule has 2 unspecified atom stereocenters.